The second kappa shape index (κ2) is 10.1. The molecule has 0 aromatic heterocycles. The number of nitrogens with one attached hydrogen (secondary N) is 1. The summed E-state index contributed by atoms with van der Waals surface area (Å²) in [6.07, 6.45) is 5.61. The highest BCUT2D eigenvalue weighted by Crippen LogP contribution is 2.31. The molecule has 160 valence electrons. The molecule has 29 heavy (non-hydrogen) atoms. The van der Waals surface area contributed by atoms with Crippen molar-refractivity contribution in [3.05, 3.63) is 29.8 Å². The van der Waals surface area contributed by atoms with E-state index in [1.165, 1.54) is 12.8 Å². The number of carbonyl (C=O) groups is 2. The lowest BCUT2D eigenvalue weighted by Crippen LogP contribution is -2.58. The highest BCUT2D eigenvalue weighted by molar-refractivity contribution is 5.97. The van der Waals surface area contributed by atoms with Gasteiger partial charge in [0, 0.05) is 32.2 Å². The number of para-hydroxylation sites is 1. The van der Waals surface area contributed by atoms with E-state index in [1.54, 1.807) is 7.11 Å². The summed E-state index contributed by atoms with van der Waals surface area (Å²) in [5, 5.41) is 3.20. The van der Waals surface area contributed by atoms with Gasteiger partial charge in [0.25, 0.3) is 5.91 Å². The zero-order valence-corrected chi connectivity index (χ0v) is 18.0. The van der Waals surface area contributed by atoms with Gasteiger partial charge >= 0.3 is 0 Å². The number of methoxy groups -OCH3 is 1. The van der Waals surface area contributed by atoms with Crippen molar-refractivity contribution in [3.63, 3.8) is 0 Å². The fourth-order valence-corrected chi connectivity index (χ4v) is 4.58. The zero-order chi connectivity index (χ0) is 20.8. The van der Waals surface area contributed by atoms with Crippen LogP contribution in [-0.2, 0) is 4.79 Å². The number of ether oxygens (including phenoxy) is 1. The molecular formula is C23H35N3O3. The molecule has 3 rings (SSSR count). The Labute approximate surface area is 174 Å². The van der Waals surface area contributed by atoms with Crippen molar-refractivity contribution in [1.29, 1.82) is 0 Å². The standard InChI is InChI=1S/C23H35N3O3/c1-4-17(2)24-22(27)21(18-9-5-6-10-18)25-13-15-26(16-14-25)23(28)19-11-7-8-12-20(19)29-3/h7-8,11-12,17-18,21H,4-6,9-10,13-16H2,1-3H3,(H,24,27). The summed E-state index contributed by atoms with van der Waals surface area (Å²) in [5.74, 6) is 1.20. The molecule has 1 N–H and O–H groups in total. The molecule has 6 heteroatoms. The van der Waals surface area contributed by atoms with E-state index in [4.69, 9.17) is 4.74 Å². The molecule has 2 fully saturated rings. The Morgan fingerprint density at radius 1 is 1.14 bits per heavy atom. The fourth-order valence-electron chi connectivity index (χ4n) is 4.58. The summed E-state index contributed by atoms with van der Waals surface area (Å²) < 4.78 is 5.35. The minimum Gasteiger partial charge on any atom is -0.496 e. The molecule has 0 bridgehead atoms. The number of amides is 2. The third-order valence-electron chi connectivity index (χ3n) is 6.45. The summed E-state index contributed by atoms with van der Waals surface area (Å²) in [6.45, 7) is 6.89. The van der Waals surface area contributed by atoms with Gasteiger partial charge < -0.3 is 15.0 Å². The molecule has 1 saturated heterocycles. The van der Waals surface area contributed by atoms with Gasteiger partial charge in [-0.25, -0.2) is 0 Å². The highest BCUT2D eigenvalue weighted by Gasteiger charge is 2.37. The molecule has 1 aliphatic carbocycles. The van der Waals surface area contributed by atoms with E-state index in [0.717, 1.165) is 32.4 Å². The Hall–Kier alpha value is -2.08. The quantitative estimate of drug-likeness (QED) is 0.763. The van der Waals surface area contributed by atoms with Gasteiger partial charge in [-0.15, -0.1) is 0 Å². The summed E-state index contributed by atoms with van der Waals surface area (Å²) in [7, 11) is 1.59. The largest absolute Gasteiger partial charge is 0.496 e. The first kappa shape index (κ1) is 21.6. The molecule has 1 heterocycles. The first-order chi connectivity index (χ1) is 14.0. The number of hydrogen-bond acceptors (Lipinski definition) is 4. The third-order valence-corrected chi connectivity index (χ3v) is 6.45. The molecule has 2 atom stereocenters. The molecule has 1 aliphatic heterocycles. The number of benzene rings is 1. The molecule has 0 radical (unpaired) electrons. The lowest BCUT2D eigenvalue weighted by atomic mass is 9.94. The van der Waals surface area contributed by atoms with Crippen LogP contribution >= 0.6 is 0 Å². The third kappa shape index (κ3) is 5.10. The number of piperazine rings is 1. The van der Waals surface area contributed by atoms with Crippen molar-refractivity contribution in [1.82, 2.24) is 15.1 Å². The average Bonchev–Trinajstić information content (AvgIpc) is 3.28. The minimum absolute atomic E-state index is 0.00331. The number of nitrogens with zero attached hydrogens (tertiary/aromatic N) is 2. The molecular weight excluding hydrogens is 366 g/mol. The molecule has 0 spiro atoms. The maximum atomic E-state index is 13.1. The summed E-state index contributed by atoms with van der Waals surface area (Å²) in [5.41, 5.74) is 0.602. The van der Waals surface area contributed by atoms with Crippen molar-refractivity contribution in [2.45, 2.75) is 58.0 Å². The number of hydrogen-bond donors (Lipinski definition) is 1. The predicted octanol–water partition coefficient (Wildman–Crippen LogP) is 2.93. The fraction of sp³-hybridized carbons (Fsp3) is 0.652. The van der Waals surface area contributed by atoms with Crippen LogP contribution in [-0.4, -0.2) is 67.0 Å². The van der Waals surface area contributed by atoms with E-state index in [2.05, 4.69) is 24.1 Å². The SMILES string of the molecule is CCC(C)NC(=O)C(C1CCCC1)N1CCN(C(=O)c2ccccc2OC)CC1. The van der Waals surface area contributed by atoms with Gasteiger partial charge in [0.15, 0.2) is 0 Å². The number of carbonyl (C=O) groups excluding carboxylic acids is 2. The van der Waals surface area contributed by atoms with E-state index < -0.39 is 0 Å². The summed E-state index contributed by atoms with van der Waals surface area (Å²) in [6, 6.07) is 7.49. The summed E-state index contributed by atoms with van der Waals surface area (Å²) >= 11 is 0. The number of rotatable bonds is 7. The van der Waals surface area contributed by atoms with Gasteiger partial charge in [-0.1, -0.05) is 31.9 Å². The van der Waals surface area contributed by atoms with E-state index in [9.17, 15) is 9.59 Å². The van der Waals surface area contributed by atoms with Crippen molar-refractivity contribution in [2.75, 3.05) is 33.3 Å². The predicted molar refractivity (Wildman–Crippen MR) is 114 cm³/mol. The Kier molecular flexibility index (Phi) is 7.53. The Morgan fingerprint density at radius 2 is 1.79 bits per heavy atom. The van der Waals surface area contributed by atoms with Crippen molar-refractivity contribution >= 4 is 11.8 Å². The summed E-state index contributed by atoms with van der Waals surface area (Å²) in [4.78, 5) is 30.2. The highest BCUT2D eigenvalue weighted by atomic mass is 16.5. The van der Waals surface area contributed by atoms with Crippen LogP contribution in [0.4, 0.5) is 0 Å². The molecule has 1 aromatic carbocycles. The van der Waals surface area contributed by atoms with E-state index >= 15 is 0 Å². The van der Waals surface area contributed by atoms with Crippen molar-refractivity contribution in [2.24, 2.45) is 5.92 Å². The van der Waals surface area contributed by atoms with Gasteiger partial charge in [-0.3, -0.25) is 14.5 Å². The van der Waals surface area contributed by atoms with E-state index in [1.807, 2.05) is 29.2 Å². The van der Waals surface area contributed by atoms with Crippen LogP contribution < -0.4 is 10.1 Å². The Balaban J connectivity index is 1.66. The van der Waals surface area contributed by atoms with Crippen LogP contribution in [0.15, 0.2) is 24.3 Å². The van der Waals surface area contributed by atoms with Gasteiger partial charge in [0.1, 0.15) is 5.75 Å². The monoisotopic (exact) mass is 401 g/mol. The van der Waals surface area contributed by atoms with Gasteiger partial charge in [-0.2, -0.15) is 0 Å². The maximum absolute atomic E-state index is 13.1. The minimum atomic E-state index is -0.0741. The van der Waals surface area contributed by atoms with Gasteiger partial charge in [0.2, 0.25) is 5.91 Å². The van der Waals surface area contributed by atoms with Crippen LogP contribution in [0.1, 0.15) is 56.3 Å². The first-order valence-electron chi connectivity index (χ1n) is 11.0. The smallest absolute Gasteiger partial charge is 0.257 e. The van der Waals surface area contributed by atoms with Crippen LogP contribution in [0, 0.1) is 5.92 Å². The van der Waals surface area contributed by atoms with Crippen LogP contribution in [0.3, 0.4) is 0 Å². The molecule has 2 aliphatic rings. The second-order valence-corrected chi connectivity index (χ2v) is 8.34. The lowest BCUT2D eigenvalue weighted by molar-refractivity contribution is -0.129. The van der Waals surface area contributed by atoms with E-state index in [0.29, 0.717) is 30.3 Å². The van der Waals surface area contributed by atoms with Crippen LogP contribution in [0.25, 0.3) is 0 Å². The lowest BCUT2D eigenvalue weighted by Gasteiger charge is -2.41. The average molecular weight is 402 g/mol. The van der Waals surface area contributed by atoms with Crippen LogP contribution in [0.2, 0.25) is 0 Å². The zero-order valence-electron chi connectivity index (χ0n) is 18.0. The van der Waals surface area contributed by atoms with Gasteiger partial charge in [0.05, 0.1) is 18.7 Å². The maximum Gasteiger partial charge on any atom is 0.257 e. The topological polar surface area (TPSA) is 61.9 Å². The molecule has 1 aromatic rings. The van der Waals surface area contributed by atoms with Gasteiger partial charge in [-0.05, 0) is 44.2 Å². The molecule has 6 nitrogen and oxygen atoms in total. The first-order valence-corrected chi connectivity index (χ1v) is 11.0. The molecule has 2 unspecified atom stereocenters. The van der Waals surface area contributed by atoms with E-state index in [-0.39, 0.29) is 23.9 Å². The normalized spacial score (nSPS) is 20.3. The molecule has 1 saturated carbocycles. The Bertz CT molecular complexity index is 694. The van der Waals surface area contributed by atoms with Crippen molar-refractivity contribution < 1.29 is 14.3 Å². The molecule has 2 amide bonds. The van der Waals surface area contributed by atoms with Crippen molar-refractivity contribution in [3.8, 4) is 5.75 Å². The second-order valence-electron chi connectivity index (χ2n) is 8.34. The van der Waals surface area contributed by atoms with Crippen LogP contribution in [0.5, 0.6) is 5.75 Å². The Morgan fingerprint density at radius 3 is 2.41 bits per heavy atom.